The SMILES string of the molecule is CCNC(=NCC(=O)NC(C)(C)C)NCc1cc2ccccc2o1.I. The summed E-state index contributed by atoms with van der Waals surface area (Å²) < 4.78 is 5.76. The van der Waals surface area contributed by atoms with Crippen molar-refractivity contribution in [2.24, 2.45) is 4.99 Å². The molecule has 138 valence electrons. The summed E-state index contributed by atoms with van der Waals surface area (Å²) in [4.78, 5) is 16.2. The predicted octanol–water partition coefficient (Wildman–Crippen LogP) is 3.02. The van der Waals surface area contributed by atoms with Crippen LogP contribution in [0.1, 0.15) is 33.5 Å². The Kier molecular flexibility index (Phi) is 8.21. The van der Waals surface area contributed by atoms with E-state index in [0.717, 1.165) is 16.7 Å². The molecule has 0 unspecified atom stereocenters. The molecule has 0 atom stereocenters. The molecule has 1 amide bonds. The quantitative estimate of drug-likeness (QED) is 0.366. The molecule has 1 aromatic heterocycles. The normalized spacial score (nSPS) is 11.8. The fourth-order valence-corrected chi connectivity index (χ4v) is 2.25. The topological polar surface area (TPSA) is 78.7 Å². The molecule has 0 saturated heterocycles. The number of nitrogens with zero attached hydrogens (tertiary/aromatic N) is 1. The molecule has 0 aliphatic heterocycles. The van der Waals surface area contributed by atoms with Crippen molar-refractivity contribution in [3.05, 3.63) is 36.1 Å². The number of aliphatic imine (C=N–C) groups is 1. The molecule has 0 radical (unpaired) electrons. The van der Waals surface area contributed by atoms with Crippen LogP contribution in [0.15, 0.2) is 39.7 Å². The van der Waals surface area contributed by atoms with Crippen LogP contribution in [0.25, 0.3) is 11.0 Å². The van der Waals surface area contributed by atoms with Crippen molar-refractivity contribution in [2.45, 2.75) is 39.8 Å². The van der Waals surface area contributed by atoms with Crippen LogP contribution >= 0.6 is 24.0 Å². The molecule has 0 fully saturated rings. The Bertz CT molecular complexity index is 686. The predicted molar refractivity (Wildman–Crippen MR) is 112 cm³/mol. The number of amides is 1. The van der Waals surface area contributed by atoms with E-state index in [1.165, 1.54) is 0 Å². The van der Waals surface area contributed by atoms with E-state index in [1.54, 1.807) is 0 Å². The summed E-state index contributed by atoms with van der Waals surface area (Å²) in [7, 11) is 0. The Labute approximate surface area is 165 Å². The Balaban J connectivity index is 0.00000312. The van der Waals surface area contributed by atoms with Gasteiger partial charge in [0, 0.05) is 17.5 Å². The average Bonchev–Trinajstić information content (AvgIpc) is 2.91. The lowest BCUT2D eigenvalue weighted by Crippen LogP contribution is -2.43. The van der Waals surface area contributed by atoms with Gasteiger partial charge in [-0.2, -0.15) is 0 Å². The van der Waals surface area contributed by atoms with Gasteiger partial charge in [0.05, 0.1) is 6.54 Å². The minimum Gasteiger partial charge on any atom is -0.459 e. The number of hydrogen-bond donors (Lipinski definition) is 3. The first kappa shape index (κ1) is 21.3. The van der Waals surface area contributed by atoms with Crippen molar-refractivity contribution in [1.29, 1.82) is 0 Å². The molecule has 3 N–H and O–H groups in total. The minimum atomic E-state index is -0.257. The molecular formula is C18H27IN4O2. The standard InChI is InChI=1S/C18H26N4O2.HI/c1-5-19-17(21-12-16(23)22-18(2,3)4)20-11-14-10-13-8-6-7-9-15(13)24-14;/h6-10H,5,11-12H2,1-4H3,(H,22,23)(H2,19,20,21);1H. The number of fused-ring (bicyclic) bond motifs is 1. The largest absolute Gasteiger partial charge is 0.459 e. The highest BCUT2D eigenvalue weighted by Gasteiger charge is 2.13. The first-order valence-corrected chi connectivity index (χ1v) is 8.18. The zero-order valence-corrected chi connectivity index (χ0v) is 17.5. The second kappa shape index (κ2) is 9.65. The summed E-state index contributed by atoms with van der Waals surface area (Å²) in [5, 5.41) is 10.3. The third-order valence-electron chi connectivity index (χ3n) is 3.15. The van der Waals surface area contributed by atoms with Gasteiger partial charge in [0.25, 0.3) is 0 Å². The van der Waals surface area contributed by atoms with Crippen molar-refractivity contribution >= 4 is 46.8 Å². The van der Waals surface area contributed by atoms with Crippen molar-refractivity contribution in [2.75, 3.05) is 13.1 Å². The summed E-state index contributed by atoms with van der Waals surface area (Å²) in [5.41, 5.74) is 0.605. The van der Waals surface area contributed by atoms with Gasteiger partial charge >= 0.3 is 0 Å². The molecule has 6 nitrogen and oxygen atoms in total. The Morgan fingerprint density at radius 3 is 2.56 bits per heavy atom. The fourth-order valence-electron chi connectivity index (χ4n) is 2.25. The van der Waals surface area contributed by atoms with E-state index in [1.807, 2.05) is 58.0 Å². The van der Waals surface area contributed by atoms with Gasteiger partial charge in [-0.25, -0.2) is 4.99 Å². The highest BCUT2D eigenvalue weighted by Crippen LogP contribution is 2.18. The molecule has 25 heavy (non-hydrogen) atoms. The van der Waals surface area contributed by atoms with Crippen molar-refractivity contribution in [1.82, 2.24) is 16.0 Å². The number of nitrogens with one attached hydrogen (secondary N) is 3. The molecule has 0 bridgehead atoms. The number of carbonyl (C=O) groups excluding carboxylic acids is 1. The van der Waals surface area contributed by atoms with Gasteiger partial charge in [-0.3, -0.25) is 4.79 Å². The van der Waals surface area contributed by atoms with Gasteiger partial charge in [0.2, 0.25) is 5.91 Å². The molecule has 1 heterocycles. The second-order valence-electron chi connectivity index (χ2n) is 6.60. The van der Waals surface area contributed by atoms with Crippen LogP contribution < -0.4 is 16.0 Å². The number of furan rings is 1. The van der Waals surface area contributed by atoms with Crippen molar-refractivity contribution < 1.29 is 9.21 Å². The van der Waals surface area contributed by atoms with E-state index in [9.17, 15) is 4.79 Å². The summed E-state index contributed by atoms with van der Waals surface area (Å²) in [6.07, 6.45) is 0. The minimum absolute atomic E-state index is 0. The number of carbonyl (C=O) groups is 1. The molecule has 1 aromatic carbocycles. The van der Waals surface area contributed by atoms with Crippen molar-refractivity contribution in [3.8, 4) is 0 Å². The maximum atomic E-state index is 11.9. The number of rotatable bonds is 5. The monoisotopic (exact) mass is 458 g/mol. The molecule has 0 aliphatic carbocycles. The Morgan fingerprint density at radius 2 is 1.92 bits per heavy atom. The Morgan fingerprint density at radius 1 is 1.20 bits per heavy atom. The fraction of sp³-hybridized carbons (Fsp3) is 0.444. The van der Waals surface area contributed by atoms with Crippen LogP contribution in [0.5, 0.6) is 0 Å². The molecule has 2 rings (SSSR count). The van der Waals surface area contributed by atoms with Gasteiger partial charge in [0.1, 0.15) is 17.9 Å². The second-order valence-corrected chi connectivity index (χ2v) is 6.60. The van der Waals surface area contributed by atoms with Gasteiger partial charge in [-0.1, -0.05) is 18.2 Å². The van der Waals surface area contributed by atoms with Gasteiger partial charge in [0.15, 0.2) is 5.96 Å². The molecule has 2 aromatic rings. The number of benzene rings is 1. The van der Waals surface area contributed by atoms with Crippen LogP contribution in [0, 0.1) is 0 Å². The molecule has 0 aliphatic rings. The summed E-state index contributed by atoms with van der Waals surface area (Å²) >= 11 is 0. The highest BCUT2D eigenvalue weighted by atomic mass is 127. The zero-order valence-electron chi connectivity index (χ0n) is 15.2. The van der Waals surface area contributed by atoms with E-state index in [2.05, 4.69) is 20.9 Å². The molecule has 7 heteroatoms. The summed E-state index contributed by atoms with van der Waals surface area (Å²) in [6.45, 7) is 9.10. The highest BCUT2D eigenvalue weighted by molar-refractivity contribution is 14.0. The summed E-state index contributed by atoms with van der Waals surface area (Å²) in [5.74, 6) is 1.30. The number of halogens is 1. The van der Waals surface area contributed by atoms with Gasteiger partial charge < -0.3 is 20.4 Å². The third kappa shape index (κ3) is 7.33. The van der Waals surface area contributed by atoms with Crippen LogP contribution in [0.4, 0.5) is 0 Å². The van der Waals surface area contributed by atoms with E-state index < -0.39 is 0 Å². The number of guanidine groups is 1. The van der Waals surface area contributed by atoms with Gasteiger partial charge in [-0.15, -0.1) is 24.0 Å². The van der Waals surface area contributed by atoms with E-state index >= 15 is 0 Å². The summed E-state index contributed by atoms with van der Waals surface area (Å²) in [6, 6.07) is 9.88. The number of para-hydroxylation sites is 1. The molecule has 0 spiro atoms. The van der Waals surface area contributed by atoms with E-state index in [0.29, 0.717) is 19.0 Å². The first-order chi connectivity index (χ1) is 11.4. The lowest BCUT2D eigenvalue weighted by Gasteiger charge is -2.20. The average molecular weight is 458 g/mol. The first-order valence-electron chi connectivity index (χ1n) is 8.18. The van der Waals surface area contributed by atoms with Crippen LogP contribution in [0.2, 0.25) is 0 Å². The maximum Gasteiger partial charge on any atom is 0.242 e. The van der Waals surface area contributed by atoms with E-state index in [4.69, 9.17) is 4.42 Å². The lowest BCUT2D eigenvalue weighted by molar-refractivity contribution is -0.121. The van der Waals surface area contributed by atoms with E-state index in [-0.39, 0.29) is 42.0 Å². The lowest BCUT2D eigenvalue weighted by atomic mass is 10.1. The van der Waals surface area contributed by atoms with Gasteiger partial charge in [-0.05, 0) is 39.8 Å². The Hall–Kier alpha value is -1.77. The zero-order chi connectivity index (χ0) is 17.6. The number of hydrogen-bond acceptors (Lipinski definition) is 3. The van der Waals surface area contributed by atoms with Crippen LogP contribution in [-0.4, -0.2) is 30.5 Å². The maximum absolute atomic E-state index is 11.9. The van der Waals surface area contributed by atoms with Crippen molar-refractivity contribution in [3.63, 3.8) is 0 Å². The third-order valence-corrected chi connectivity index (χ3v) is 3.15. The smallest absolute Gasteiger partial charge is 0.242 e. The van der Waals surface area contributed by atoms with Crippen LogP contribution in [0.3, 0.4) is 0 Å². The van der Waals surface area contributed by atoms with Crippen LogP contribution in [-0.2, 0) is 11.3 Å². The molecule has 0 saturated carbocycles. The molecular weight excluding hydrogens is 431 g/mol.